The fourth-order valence-corrected chi connectivity index (χ4v) is 19.6. The van der Waals surface area contributed by atoms with Crippen LogP contribution in [0.5, 0.6) is 0 Å². The van der Waals surface area contributed by atoms with E-state index in [1.54, 1.807) is 158 Å². The standard InChI is InChI=1S/C24H25ClN5O6P.C23H29ClN5O6P.C23H23ClN5O6P.C20H23ClN5O6P/c1-16-5-7-18(8-6-16)20(31)13-36-37(33,35-12-17-3-2-4-19(25)11-17)15-34-10-9-30-14-27-21-22(30)28-24(26)29-23(21)32;2*24-18-8-4-5-16(11-18)12-34-36(32,35-13-19(30)17-6-2-1-3-7-17)15-33-10-9-29-14-26-20-21(29)27-23(25)28-22(20)31;21-15-3-1-2-13(8-15)9-31-33(29,32-10-16(27)14-4-5-14)12-30-7-6-26-11-23-17-18(26)24-20(22)25-19(17)28/h2-8,11,14H,9-10,12-13,15H2,1H3,(H3,26,28,29,32);4-5,8,11,14,17H,1-3,6-7,9-10,12-13,15H2,(H3,25,27,28,31);1-8,11,14H,9-10,12-13,15H2,(H3,25,27,28,31);1-3,8,11,14H,4-7,9-10,12H2,(H3,22,24,25,28). The first kappa shape index (κ1) is 107. The van der Waals surface area contributed by atoms with Crippen LogP contribution in [-0.4, -0.2) is 179 Å². The van der Waals surface area contributed by atoms with Crippen LogP contribution in [0.2, 0.25) is 20.1 Å². The van der Waals surface area contributed by atoms with E-state index in [-0.39, 0.29) is 186 Å². The van der Waals surface area contributed by atoms with E-state index in [1.165, 1.54) is 25.3 Å². The number of fused-ring (bicyclic) bond motifs is 4. The molecule has 2 aliphatic carbocycles. The summed E-state index contributed by atoms with van der Waals surface area (Å²) in [6.45, 7) is 1.64. The molecule has 8 heterocycles. The summed E-state index contributed by atoms with van der Waals surface area (Å²) in [6, 6.07) is 43.2. The highest BCUT2D eigenvalue weighted by Crippen LogP contribution is 2.53. The van der Waals surface area contributed by atoms with Gasteiger partial charge in [-0.05, 0) is 103 Å². The van der Waals surface area contributed by atoms with Crippen molar-refractivity contribution in [3.63, 3.8) is 0 Å². The average molecular weight is 2110 g/mol. The number of anilines is 4. The first-order valence-corrected chi connectivity index (χ1v) is 52.5. The molecule has 6 aromatic carbocycles. The summed E-state index contributed by atoms with van der Waals surface area (Å²) in [6.07, 6.45) is 10.7. The first-order chi connectivity index (χ1) is 68.2. The second-order valence-electron chi connectivity index (χ2n) is 32.2. The Labute approximate surface area is 828 Å². The van der Waals surface area contributed by atoms with Crippen molar-refractivity contribution >= 4 is 168 Å². The fourth-order valence-electron chi connectivity index (χ4n) is 13.8. The van der Waals surface area contributed by atoms with Crippen LogP contribution in [0.15, 0.2) is 196 Å². The minimum Gasteiger partial charge on any atom is -0.369 e. The van der Waals surface area contributed by atoms with Crippen molar-refractivity contribution in [2.75, 3.05) is 101 Å². The molecule has 752 valence electrons. The Morgan fingerprint density at radius 1 is 0.352 bits per heavy atom. The molecule has 16 rings (SSSR count). The molecule has 4 atom stereocenters. The van der Waals surface area contributed by atoms with Crippen LogP contribution in [0.3, 0.4) is 0 Å². The maximum absolute atomic E-state index is 13.5. The molecule has 142 heavy (non-hydrogen) atoms. The zero-order valence-corrected chi connectivity index (χ0v) is 82.9. The molecule has 12 N–H and O–H groups in total. The Hall–Kier alpha value is -11.8. The van der Waals surface area contributed by atoms with Gasteiger partial charge in [0.2, 0.25) is 23.8 Å². The Balaban J connectivity index is 0.000000159. The number of nitrogen functional groups attached to an aromatic ring is 4. The number of Topliss-reactive ketones (excluding diaryl/α,β-unsaturated/α-hetero) is 4. The number of ketones is 4. The number of aromatic amines is 4. The number of carbonyl (C=O) groups is 4. The molecule has 0 bridgehead atoms. The Morgan fingerprint density at radius 3 is 0.908 bits per heavy atom. The van der Waals surface area contributed by atoms with Crippen LogP contribution >= 0.6 is 76.8 Å². The van der Waals surface area contributed by atoms with Gasteiger partial charge in [-0.2, -0.15) is 19.9 Å². The van der Waals surface area contributed by atoms with Gasteiger partial charge in [-0.3, -0.25) is 94.6 Å². The predicted molar refractivity (Wildman–Crippen MR) is 528 cm³/mol. The number of benzene rings is 6. The monoisotopic (exact) mass is 2110 g/mol. The number of carbonyl (C=O) groups excluding carboxylic acids is 4. The van der Waals surface area contributed by atoms with Crippen LogP contribution in [0.4, 0.5) is 23.8 Å². The number of ether oxygens (including phenoxy) is 4. The van der Waals surface area contributed by atoms with E-state index in [2.05, 4.69) is 59.8 Å². The topological polar surface area (TPSA) is 606 Å². The van der Waals surface area contributed by atoms with Gasteiger partial charge >= 0.3 is 30.4 Å². The minimum atomic E-state index is -3.86. The van der Waals surface area contributed by atoms with Gasteiger partial charge in [0.1, 0.15) is 51.8 Å². The molecule has 2 saturated carbocycles. The van der Waals surface area contributed by atoms with Gasteiger partial charge in [-0.1, -0.05) is 174 Å². The van der Waals surface area contributed by atoms with Crippen molar-refractivity contribution in [2.24, 2.45) is 11.8 Å². The van der Waals surface area contributed by atoms with E-state index in [1.807, 2.05) is 19.1 Å². The highest BCUT2D eigenvalue weighted by atomic mass is 35.5. The average Bonchev–Trinajstić information content (AvgIpc) is 1.67. The lowest BCUT2D eigenvalue weighted by atomic mass is 9.86. The zero-order chi connectivity index (χ0) is 101. The van der Waals surface area contributed by atoms with E-state index in [0.29, 0.717) is 76.1 Å². The summed E-state index contributed by atoms with van der Waals surface area (Å²) in [4.78, 5) is 139. The van der Waals surface area contributed by atoms with Crippen molar-refractivity contribution in [1.29, 1.82) is 0 Å². The largest absolute Gasteiger partial charge is 0.369 e. The van der Waals surface area contributed by atoms with Gasteiger partial charge in [0, 0.05) is 69.2 Å². The molecule has 0 aliphatic heterocycles. The van der Waals surface area contributed by atoms with Gasteiger partial charge in [0.05, 0.1) is 78.2 Å². The molecule has 2 aliphatic rings. The molecule has 52 heteroatoms. The lowest BCUT2D eigenvalue weighted by molar-refractivity contribution is -0.126. The van der Waals surface area contributed by atoms with Gasteiger partial charge in [-0.25, -0.2) is 19.9 Å². The molecule has 0 radical (unpaired) electrons. The summed E-state index contributed by atoms with van der Waals surface area (Å²) in [5.74, 6) is -1.07. The van der Waals surface area contributed by atoms with Crippen LogP contribution in [-0.2, 0) is 136 Å². The number of aromatic nitrogens is 16. The van der Waals surface area contributed by atoms with E-state index < -0.39 is 78.5 Å². The summed E-state index contributed by atoms with van der Waals surface area (Å²) in [7, 11) is -15.2. The zero-order valence-electron chi connectivity index (χ0n) is 76.3. The third kappa shape index (κ3) is 32.4. The Morgan fingerprint density at radius 2 is 0.627 bits per heavy atom. The van der Waals surface area contributed by atoms with Crippen molar-refractivity contribution < 1.29 is 92.6 Å². The van der Waals surface area contributed by atoms with Gasteiger partial charge in [-0.15, -0.1) is 0 Å². The lowest BCUT2D eigenvalue weighted by Crippen LogP contribution is -2.22. The molecule has 0 saturated heterocycles. The highest BCUT2D eigenvalue weighted by molar-refractivity contribution is 7.54. The third-order valence-corrected chi connectivity index (χ3v) is 28.4. The van der Waals surface area contributed by atoms with Crippen LogP contribution in [0.25, 0.3) is 44.7 Å². The second kappa shape index (κ2) is 51.4. The fraction of sp³-hybridized carbons (Fsp3) is 0.333. The normalized spacial score (nSPS) is 14.4. The smallest absolute Gasteiger partial charge is 0.356 e. The SMILES string of the molecule is Cc1ccc(C(=O)COP(=O)(COCCn2cnc3c(=O)[nH]c(N)nc32)OCc2cccc(Cl)c2)cc1.Nc1nc2c(ncn2CCOCP(=O)(OCC(=O)C2CC2)OCc2cccc(Cl)c2)c(=O)[nH]1.Nc1nc2c(ncn2CCOCP(=O)(OCC(=O)C2CCCCC2)OCc2cccc(Cl)c2)c(=O)[nH]1.Nc1nc2c(ncn2CCOCP(=O)(OCC(=O)c2ccccc2)OCc2cccc(Cl)c2)c(=O)[nH]1. The Bertz CT molecular complexity index is 7200. The number of hydrogen-bond donors (Lipinski definition) is 8. The van der Waals surface area contributed by atoms with Crippen molar-refractivity contribution in [3.05, 3.63) is 277 Å². The van der Waals surface area contributed by atoms with E-state index in [4.69, 9.17) is 124 Å². The van der Waals surface area contributed by atoms with Crippen LogP contribution < -0.4 is 45.2 Å². The molecule has 4 unspecified atom stereocenters. The lowest BCUT2D eigenvalue weighted by Gasteiger charge is -2.22. The molecule has 2 fully saturated rings. The van der Waals surface area contributed by atoms with Crippen LogP contribution in [0, 0.1) is 18.8 Å². The number of imidazole rings is 4. The molecule has 44 nitrogen and oxygen atoms in total. The molecular formula is C90H100Cl4N20O24P4. The molecule has 0 spiro atoms. The quantitative estimate of drug-likeness (QED) is 0.00997. The highest BCUT2D eigenvalue weighted by Gasteiger charge is 2.36. The van der Waals surface area contributed by atoms with Gasteiger partial charge in [0.15, 0.2) is 67.8 Å². The number of nitrogens with two attached hydrogens (primary N) is 4. The summed E-state index contributed by atoms with van der Waals surface area (Å²) >= 11 is 24.0. The summed E-state index contributed by atoms with van der Waals surface area (Å²) in [5, 5.41) is 2.05. The molecule has 0 amide bonds. The molecule has 14 aromatic rings. The van der Waals surface area contributed by atoms with Crippen molar-refractivity contribution in [3.8, 4) is 0 Å². The number of rotatable bonds is 48. The number of H-pyrrole nitrogens is 4. The summed E-state index contributed by atoms with van der Waals surface area (Å²) < 4.78 is 127. The first-order valence-electron chi connectivity index (χ1n) is 44.1. The molecular weight excluding hydrogens is 2010 g/mol. The maximum atomic E-state index is 13.5. The number of halogens is 4. The van der Waals surface area contributed by atoms with Gasteiger partial charge in [0.25, 0.3) is 22.2 Å². The second-order valence-corrected chi connectivity index (χ2v) is 41.9. The number of nitrogens with zero attached hydrogens (tertiary/aromatic N) is 12. The Kier molecular flexibility index (Phi) is 38.9. The van der Waals surface area contributed by atoms with E-state index in [0.717, 1.165) is 50.5 Å². The maximum Gasteiger partial charge on any atom is 0.356 e. The third-order valence-electron chi connectivity index (χ3n) is 21.3. The van der Waals surface area contributed by atoms with E-state index in [9.17, 15) is 56.6 Å². The number of nitrogens with one attached hydrogen (secondary N) is 4. The molecule has 8 aromatic heterocycles. The summed E-state index contributed by atoms with van der Waals surface area (Å²) in [5.41, 5.74) is 27.1. The predicted octanol–water partition coefficient (Wildman–Crippen LogP) is 14.2. The van der Waals surface area contributed by atoms with Crippen molar-refractivity contribution in [1.82, 2.24) is 78.1 Å². The van der Waals surface area contributed by atoms with Crippen LogP contribution in [0.1, 0.15) is 93.5 Å². The minimum absolute atomic E-state index is 0.0169. The number of aryl methyl sites for hydroxylation is 1. The van der Waals surface area contributed by atoms with Crippen molar-refractivity contribution in [2.45, 2.75) is 104 Å². The number of hydrogen-bond acceptors (Lipinski definition) is 36. The van der Waals surface area contributed by atoms with E-state index >= 15 is 0 Å². The van der Waals surface area contributed by atoms with Gasteiger partial charge < -0.3 is 78.2 Å².